The van der Waals surface area contributed by atoms with Crippen LogP contribution in [0.25, 0.3) is 0 Å². The highest BCUT2D eigenvalue weighted by atomic mass is 79.9. The van der Waals surface area contributed by atoms with Gasteiger partial charge in [0.2, 0.25) is 0 Å². The fraction of sp³-hybridized carbons (Fsp3) is 0.455. The van der Waals surface area contributed by atoms with E-state index in [2.05, 4.69) is 46.8 Å². The molecule has 3 heteroatoms. The van der Waals surface area contributed by atoms with Crippen LogP contribution in [0.15, 0.2) is 22.7 Å². The van der Waals surface area contributed by atoms with E-state index < -0.39 is 0 Å². The molecule has 1 aromatic rings. The molecule has 0 unspecified atom stereocenters. The number of nitrogens with zero attached hydrogens (tertiary/aromatic N) is 1. The molecule has 1 saturated heterocycles. The van der Waals surface area contributed by atoms with Crippen LogP contribution in [0.5, 0.6) is 0 Å². The maximum Gasteiger partial charge on any atom is 0.0460 e. The number of hydrogen-bond acceptors (Lipinski definition) is 2. The third-order valence-electron chi connectivity index (χ3n) is 2.59. The van der Waals surface area contributed by atoms with Crippen molar-refractivity contribution in [1.29, 1.82) is 0 Å². The molecule has 0 bridgehead atoms. The standard InChI is InChI=1S/C11H15BrN2/c1-11(2)6-14(7-11)8-3-4-10(13)9(12)5-8/h3-5H,6-7,13H2,1-2H3. The van der Waals surface area contributed by atoms with E-state index >= 15 is 0 Å². The lowest BCUT2D eigenvalue weighted by atomic mass is 9.84. The first-order valence-corrected chi connectivity index (χ1v) is 5.57. The molecule has 1 aromatic carbocycles. The average molecular weight is 255 g/mol. The van der Waals surface area contributed by atoms with Crippen LogP contribution in [0.3, 0.4) is 0 Å². The van der Waals surface area contributed by atoms with Gasteiger partial charge >= 0.3 is 0 Å². The van der Waals surface area contributed by atoms with Crippen molar-refractivity contribution in [3.8, 4) is 0 Å². The van der Waals surface area contributed by atoms with Crippen LogP contribution in [-0.2, 0) is 0 Å². The summed E-state index contributed by atoms with van der Waals surface area (Å²) in [6.45, 7) is 6.83. The maximum absolute atomic E-state index is 5.74. The Morgan fingerprint density at radius 3 is 2.50 bits per heavy atom. The Labute approximate surface area is 93.2 Å². The molecule has 0 spiro atoms. The van der Waals surface area contributed by atoms with Crippen molar-refractivity contribution < 1.29 is 0 Å². The van der Waals surface area contributed by atoms with Gasteiger partial charge in [-0.25, -0.2) is 0 Å². The number of nitrogens with two attached hydrogens (primary N) is 1. The minimum absolute atomic E-state index is 0.466. The second-order valence-electron chi connectivity index (χ2n) is 4.73. The van der Waals surface area contributed by atoms with Crippen LogP contribution in [0.1, 0.15) is 13.8 Å². The van der Waals surface area contributed by atoms with Gasteiger partial charge in [0.25, 0.3) is 0 Å². The summed E-state index contributed by atoms with van der Waals surface area (Å²) in [6, 6.07) is 6.12. The molecule has 0 aromatic heterocycles. The van der Waals surface area contributed by atoms with Crippen molar-refractivity contribution in [3.05, 3.63) is 22.7 Å². The highest BCUT2D eigenvalue weighted by Gasteiger charge is 2.34. The Bertz CT molecular complexity index is 352. The first kappa shape index (κ1) is 9.84. The summed E-state index contributed by atoms with van der Waals surface area (Å²) in [6.07, 6.45) is 0. The van der Waals surface area contributed by atoms with Crippen LogP contribution < -0.4 is 10.6 Å². The van der Waals surface area contributed by atoms with E-state index in [1.165, 1.54) is 5.69 Å². The van der Waals surface area contributed by atoms with Crippen molar-refractivity contribution in [2.75, 3.05) is 23.7 Å². The quantitative estimate of drug-likeness (QED) is 0.782. The number of benzene rings is 1. The average Bonchev–Trinajstić information content (AvgIpc) is 2.06. The summed E-state index contributed by atoms with van der Waals surface area (Å²) in [5.41, 5.74) is 8.26. The first-order chi connectivity index (χ1) is 6.48. The van der Waals surface area contributed by atoms with Crippen molar-refractivity contribution >= 4 is 27.3 Å². The SMILES string of the molecule is CC1(C)CN(c2ccc(N)c(Br)c2)C1. The minimum Gasteiger partial charge on any atom is -0.398 e. The number of nitrogen functional groups attached to an aromatic ring is 1. The largest absolute Gasteiger partial charge is 0.398 e. The van der Waals surface area contributed by atoms with Gasteiger partial charge in [-0.3, -0.25) is 0 Å². The van der Waals surface area contributed by atoms with Gasteiger partial charge in [-0.1, -0.05) is 13.8 Å². The van der Waals surface area contributed by atoms with E-state index in [1.807, 2.05) is 6.07 Å². The number of halogens is 1. The number of anilines is 2. The predicted molar refractivity (Wildman–Crippen MR) is 64.5 cm³/mol. The molecule has 1 fully saturated rings. The molecule has 2 rings (SSSR count). The van der Waals surface area contributed by atoms with Crippen LogP contribution in [0, 0.1) is 5.41 Å². The third kappa shape index (κ3) is 1.73. The molecule has 14 heavy (non-hydrogen) atoms. The van der Waals surface area contributed by atoms with Crippen LogP contribution in [0.2, 0.25) is 0 Å². The normalized spacial score (nSPS) is 19.2. The summed E-state index contributed by atoms with van der Waals surface area (Å²) in [4.78, 5) is 2.37. The maximum atomic E-state index is 5.74. The number of hydrogen-bond donors (Lipinski definition) is 1. The van der Waals surface area contributed by atoms with Gasteiger partial charge in [0.05, 0.1) is 0 Å². The molecule has 0 radical (unpaired) electrons. The fourth-order valence-electron chi connectivity index (χ4n) is 1.88. The van der Waals surface area contributed by atoms with Crippen LogP contribution in [0.4, 0.5) is 11.4 Å². The van der Waals surface area contributed by atoms with E-state index in [9.17, 15) is 0 Å². The molecule has 2 N–H and O–H groups in total. The molecule has 0 aliphatic carbocycles. The molecule has 76 valence electrons. The van der Waals surface area contributed by atoms with Crippen molar-refractivity contribution in [3.63, 3.8) is 0 Å². The minimum atomic E-state index is 0.466. The summed E-state index contributed by atoms with van der Waals surface area (Å²) >= 11 is 3.44. The molecule has 1 aliphatic heterocycles. The topological polar surface area (TPSA) is 29.3 Å². The smallest absolute Gasteiger partial charge is 0.0460 e. The van der Waals surface area contributed by atoms with Gasteiger partial charge in [0.1, 0.15) is 0 Å². The van der Waals surface area contributed by atoms with Crippen molar-refractivity contribution in [2.45, 2.75) is 13.8 Å². The van der Waals surface area contributed by atoms with Gasteiger partial charge in [0.15, 0.2) is 0 Å². The highest BCUT2D eigenvalue weighted by molar-refractivity contribution is 9.10. The van der Waals surface area contributed by atoms with Gasteiger partial charge in [0, 0.05) is 28.9 Å². The van der Waals surface area contributed by atoms with Crippen LogP contribution in [-0.4, -0.2) is 13.1 Å². The van der Waals surface area contributed by atoms with Gasteiger partial charge < -0.3 is 10.6 Å². The fourth-order valence-corrected chi connectivity index (χ4v) is 2.25. The Balaban J connectivity index is 2.16. The third-order valence-corrected chi connectivity index (χ3v) is 3.27. The molecule has 1 aliphatic rings. The zero-order valence-corrected chi connectivity index (χ0v) is 10.1. The van der Waals surface area contributed by atoms with Gasteiger partial charge in [-0.15, -0.1) is 0 Å². The van der Waals surface area contributed by atoms with E-state index in [-0.39, 0.29) is 0 Å². The summed E-state index contributed by atoms with van der Waals surface area (Å²) < 4.78 is 0.986. The Morgan fingerprint density at radius 2 is 2.00 bits per heavy atom. The summed E-state index contributed by atoms with van der Waals surface area (Å²) in [7, 11) is 0. The van der Waals surface area contributed by atoms with E-state index in [0.29, 0.717) is 5.41 Å². The molecule has 0 atom stereocenters. The van der Waals surface area contributed by atoms with Crippen molar-refractivity contribution in [1.82, 2.24) is 0 Å². The van der Waals surface area contributed by atoms with E-state index in [4.69, 9.17) is 5.73 Å². The Morgan fingerprint density at radius 1 is 1.36 bits per heavy atom. The predicted octanol–water partition coefficient (Wildman–Crippen LogP) is 2.88. The number of rotatable bonds is 1. The lowest BCUT2D eigenvalue weighted by molar-refractivity contribution is 0.276. The Hall–Kier alpha value is -0.700. The summed E-state index contributed by atoms with van der Waals surface area (Å²) in [5, 5.41) is 0. The Kier molecular flexibility index (Phi) is 2.22. The lowest BCUT2D eigenvalue weighted by Crippen LogP contribution is -2.53. The highest BCUT2D eigenvalue weighted by Crippen LogP contribution is 2.35. The second-order valence-corrected chi connectivity index (χ2v) is 5.58. The molecular weight excluding hydrogens is 240 g/mol. The molecule has 0 saturated carbocycles. The zero-order chi connectivity index (χ0) is 10.3. The molecular formula is C11H15BrN2. The monoisotopic (exact) mass is 254 g/mol. The van der Waals surface area contributed by atoms with Gasteiger partial charge in [-0.05, 0) is 39.5 Å². The van der Waals surface area contributed by atoms with Crippen LogP contribution >= 0.6 is 15.9 Å². The van der Waals surface area contributed by atoms with Crippen molar-refractivity contribution in [2.24, 2.45) is 5.41 Å². The molecule has 0 amide bonds. The molecule has 1 heterocycles. The lowest BCUT2D eigenvalue weighted by Gasteiger charge is -2.47. The van der Waals surface area contributed by atoms with Gasteiger partial charge in [-0.2, -0.15) is 0 Å². The summed E-state index contributed by atoms with van der Waals surface area (Å²) in [5.74, 6) is 0. The van der Waals surface area contributed by atoms with E-state index in [0.717, 1.165) is 23.2 Å². The molecule has 2 nitrogen and oxygen atoms in total. The van der Waals surface area contributed by atoms with E-state index in [1.54, 1.807) is 0 Å². The first-order valence-electron chi connectivity index (χ1n) is 4.78. The second kappa shape index (κ2) is 3.16. The zero-order valence-electron chi connectivity index (χ0n) is 8.55.